The van der Waals surface area contributed by atoms with Crippen molar-refractivity contribution in [3.63, 3.8) is 0 Å². The lowest BCUT2D eigenvalue weighted by Crippen LogP contribution is -2.18. The molecule has 0 N–H and O–H groups in total. The molecule has 0 aliphatic carbocycles. The lowest BCUT2D eigenvalue weighted by atomic mass is 10.2. The van der Waals surface area contributed by atoms with Crippen LogP contribution in [0.25, 0.3) is 0 Å². The van der Waals surface area contributed by atoms with Crippen molar-refractivity contribution in [3.05, 3.63) is 73.7 Å². The van der Waals surface area contributed by atoms with E-state index >= 15 is 0 Å². The minimum Gasteiger partial charge on any atom is -0.267 e. The number of nitrogens with zero attached hydrogens (tertiary/aromatic N) is 3. The van der Waals surface area contributed by atoms with Crippen LogP contribution in [0.5, 0.6) is 0 Å². The highest BCUT2D eigenvalue weighted by molar-refractivity contribution is 5.79. The van der Waals surface area contributed by atoms with E-state index in [9.17, 15) is 14.9 Å². The quantitative estimate of drug-likeness (QED) is 0.488. The molecule has 1 heterocycles. The van der Waals surface area contributed by atoms with Crippen LogP contribution >= 0.6 is 0 Å². The van der Waals surface area contributed by atoms with E-state index in [2.05, 4.69) is 5.10 Å². The topological polar surface area (TPSA) is 77.5 Å². The summed E-state index contributed by atoms with van der Waals surface area (Å²) in [6.07, 6.45) is 1.49. The third-order valence-corrected chi connectivity index (χ3v) is 2.76. The molecule has 0 fully saturated rings. The maximum atomic E-state index is 11.8. The van der Waals surface area contributed by atoms with Crippen LogP contribution < -0.4 is 5.56 Å². The van der Waals surface area contributed by atoms with E-state index in [0.29, 0.717) is 5.56 Å². The van der Waals surface area contributed by atoms with Crippen molar-refractivity contribution in [2.45, 2.75) is 13.8 Å². The molecule has 20 heavy (non-hydrogen) atoms. The van der Waals surface area contributed by atoms with E-state index in [-0.39, 0.29) is 11.2 Å². The van der Waals surface area contributed by atoms with Crippen LogP contribution in [0.15, 0.2) is 46.3 Å². The first kappa shape index (κ1) is 13.7. The van der Waals surface area contributed by atoms with Crippen molar-refractivity contribution in [2.75, 3.05) is 0 Å². The molecule has 0 radical (unpaired) electrons. The molecule has 1 aromatic carbocycles. The zero-order chi connectivity index (χ0) is 14.7. The summed E-state index contributed by atoms with van der Waals surface area (Å²) >= 11 is 0. The summed E-state index contributed by atoms with van der Waals surface area (Å²) in [7, 11) is 0. The lowest BCUT2D eigenvalue weighted by Gasteiger charge is -2.03. The van der Waals surface area contributed by atoms with Crippen LogP contribution in [0.3, 0.4) is 0 Å². The molecule has 0 bridgehead atoms. The molecule has 0 aliphatic rings. The van der Waals surface area contributed by atoms with E-state index < -0.39 is 4.92 Å². The Labute approximate surface area is 115 Å². The maximum absolute atomic E-state index is 11.8. The molecular weight excluding hydrogens is 258 g/mol. The fourth-order valence-corrected chi connectivity index (χ4v) is 1.82. The smallest absolute Gasteiger partial charge is 0.267 e. The second-order valence-electron chi connectivity index (χ2n) is 4.42. The fraction of sp³-hybridized carbons (Fsp3) is 0.143. The Morgan fingerprint density at radius 3 is 2.40 bits per heavy atom. The highest BCUT2D eigenvalue weighted by Crippen LogP contribution is 2.10. The Morgan fingerprint density at radius 2 is 1.85 bits per heavy atom. The number of nitro benzene ring substituents is 1. The predicted octanol–water partition coefficient (Wildman–Crippen LogP) is 2.26. The molecule has 0 atom stereocenters. The summed E-state index contributed by atoms with van der Waals surface area (Å²) in [5.41, 5.74) is 2.11. The van der Waals surface area contributed by atoms with Crippen molar-refractivity contribution in [1.82, 2.24) is 4.68 Å². The predicted molar refractivity (Wildman–Crippen MR) is 76.3 cm³/mol. The summed E-state index contributed by atoms with van der Waals surface area (Å²) in [4.78, 5) is 21.9. The van der Waals surface area contributed by atoms with E-state index in [1.165, 1.54) is 29.1 Å². The molecule has 6 nitrogen and oxygen atoms in total. The van der Waals surface area contributed by atoms with Gasteiger partial charge in [-0.15, -0.1) is 0 Å². The third-order valence-electron chi connectivity index (χ3n) is 2.76. The van der Waals surface area contributed by atoms with Crippen molar-refractivity contribution < 1.29 is 4.92 Å². The molecule has 6 heteroatoms. The normalized spacial score (nSPS) is 10.9. The van der Waals surface area contributed by atoms with Crippen molar-refractivity contribution >= 4 is 11.9 Å². The van der Waals surface area contributed by atoms with Crippen LogP contribution in [0.4, 0.5) is 5.69 Å². The number of hydrogen-bond acceptors (Lipinski definition) is 4. The van der Waals surface area contributed by atoms with Gasteiger partial charge in [0.05, 0.1) is 11.1 Å². The Hall–Kier alpha value is -2.76. The molecule has 0 aliphatic heterocycles. The van der Waals surface area contributed by atoms with Crippen LogP contribution in [0.2, 0.25) is 0 Å². The average molecular weight is 271 g/mol. The van der Waals surface area contributed by atoms with Gasteiger partial charge in [-0.2, -0.15) is 5.10 Å². The summed E-state index contributed by atoms with van der Waals surface area (Å²) < 4.78 is 1.29. The number of non-ortho nitro benzene ring substituents is 1. The largest absolute Gasteiger partial charge is 0.271 e. The number of rotatable bonds is 3. The van der Waals surface area contributed by atoms with Crippen LogP contribution in [0.1, 0.15) is 16.8 Å². The molecule has 2 rings (SSSR count). The average Bonchev–Trinajstić information content (AvgIpc) is 2.38. The second kappa shape index (κ2) is 5.48. The van der Waals surface area contributed by atoms with Gasteiger partial charge in [-0.25, -0.2) is 4.68 Å². The number of benzene rings is 1. The van der Waals surface area contributed by atoms with E-state index in [4.69, 9.17) is 0 Å². The van der Waals surface area contributed by atoms with Gasteiger partial charge in [-0.3, -0.25) is 14.9 Å². The molecule has 0 unspecified atom stereocenters. The number of aromatic nitrogens is 1. The van der Waals surface area contributed by atoms with Gasteiger partial charge in [0.1, 0.15) is 0 Å². The molecule has 0 saturated heterocycles. The minimum atomic E-state index is -0.463. The van der Waals surface area contributed by atoms with Gasteiger partial charge < -0.3 is 0 Å². The monoisotopic (exact) mass is 271 g/mol. The Morgan fingerprint density at radius 1 is 1.20 bits per heavy atom. The zero-order valence-electron chi connectivity index (χ0n) is 11.1. The fourth-order valence-electron chi connectivity index (χ4n) is 1.82. The van der Waals surface area contributed by atoms with Gasteiger partial charge in [0.15, 0.2) is 0 Å². The van der Waals surface area contributed by atoms with E-state index in [0.717, 1.165) is 11.3 Å². The van der Waals surface area contributed by atoms with Crippen LogP contribution in [-0.4, -0.2) is 15.8 Å². The SMILES string of the molecule is Cc1cc(C)n(/N=C\c2ccc([N+](=O)[O-])cc2)c(=O)c1. The summed E-state index contributed by atoms with van der Waals surface area (Å²) in [6, 6.07) is 9.30. The van der Waals surface area contributed by atoms with Crippen molar-refractivity contribution in [2.24, 2.45) is 5.10 Å². The number of aryl methyl sites for hydroxylation is 2. The van der Waals surface area contributed by atoms with E-state index in [1.807, 2.05) is 13.0 Å². The molecule has 1 aromatic heterocycles. The third kappa shape index (κ3) is 2.97. The number of nitro groups is 1. The first-order chi connectivity index (χ1) is 9.47. The highest BCUT2D eigenvalue weighted by Gasteiger charge is 2.03. The van der Waals surface area contributed by atoms with Gasteiger partial charge in [-0.05, 0) is 43.2 Å². The highest BCUT2D eigenvalue weighted by atomic mass is 16.6. The first-order valence-corrected chi connectivity index (χ1v) is 5.96. The molecule has 102 valence electrons. The molecule has 0 spiro atoms. The zero-order valence-corrected chi connectivity index (χ0v) is 11.1. The number of pyridine rings is 1. The Bertz CT molecular complexity index is 730. The van der Waals surface area contributed by atoms with E-state index in [1.54, 1.807) is 19.1 Å². The van der Waals surface area contributed by atoms with Gasteiger partial charge in [0.2, 0.25) is 0 Å². The molecule has 2 aromatic rings. The maximum Gasteiger partial charge on any atom is 0.271 e. The Kier molecular flexibility index (Phi) is 3.74. The summed E-state index contributed by atoms with van der Waals surface area (Å²) in [6.45, 7) is 3.64. The van der Waals surface area contributed by atoms with Gasteiger partial charge in [0, 0.05) is 23.9 Å². The second-order valence-corrected chi connectivity index (χ2v) is 4.42. The first-order valence-electron chi connectivity index (χ1n) is 5.96. The van der Waals surface area contributed by atoms with Crippen LogP contribution in [-0.2, 0) is 0 Å². The molecular formula is C14H13N3O3. The number of hydrogen-bond donors (Lipinski definition) is 0. The van der Waals surface area contributed by atoms with Gasteiger partial charge in [-0.1, -0.05) is 0 Å². The van der Waals surface area contributed by atoms with Crippen molar-refractivity contribution in [3.8, 4) is 0 Å². The summed E-state index contributed by atoms with van der Waals surface area (Å²) in [5, 5.41) is 14.6. The van der Waals surface area contributed by atoms with Gasteiger partial charge >= 0.3 is 0 Å². The molecule has 0 amide bonds. The summed E-state index contributed by atoms with van der Waals surface area (Å²) in [5.74, 6) is 0. The lowest BCUT2D eigenvalue weighted by molar-refractivity contribution is -0.384. The van der Waals surface area contributed by atoms with Crippen LogP contribution in [0, 0.1) is 24.0 Å². The minimum absolute atomic E-state index is 0.0193. The van der Waals surface area contributed by atoms with Gasteiger partial charge in [0.25, 0.3) is 11.2 Å². The van der Waals surface area contributed by atoms with Crippen molar-refractivity contribution in [1.29, 1.82) is 0 Å². The Balaban J connectivity index is 2.30. The molecule has 0 saturated carbocycles. The standard InChI is InChI=1S/C14H13N3O3/c1-10-7-11(2)16(14(18)8-10)15-9-12-3-5-13(6-4-12)17(19)20/h3-9H,1-2H3/b15-9-.